The van der Waals surface area contributed by atoms with E-state index in [4.69, 9.17) is 5.73 Å². The van der Waals surface area contributed by atoms with Gasteiger partial charge in [-0.1, -0.05) is 36.8 Å². The van der Waals surface area contributed by atoms with Crippen molar-refractivity contribution in [1.29, 1.82) is 0 Å². The lowest BCUT2D eigenvalue weighted by Gasteiger charge is -2.39. The van der Waals surface area contributed by atoms with E-state index in [9.17, 15) is 5.11 Å². The molecule has 2 unspecified atom stereocenters. The lowest BCUT2D eigenvalue weighted by Crippen LogP contribution is -2.50. The predicted octanol–water partition coefficient (Wildman–Crippen LogP) is 1.71. The summed E-state index contributed by atoms with van der Waals surface area (Å²) in [5, 5.41) is 10.8. The van der Waals surface area contributed by atoms with E-state index in [1.165, 1.54) is 19.3 Å². The fraction of sp³-hybridized carbons (Fsp3) is 0.600. The van der Waals surface area contributed by atoms with Crippen molar-refractivity contribution in [3.63, 3.8) is 0 Å². The Labute approximate surface area is 110 Å². The summed E-state index contributed by atoms with van der Waals surface area (Å²) in [5.41, 5.74) is 5.82. The molecule has 0 bridgehead atoms. The maximum atomic E-state index is 10.8. The summed E-state index contributed by atoms with van der Waals surface area (Å²) in [5.74, 6) is 0. The third-order valence-electron chi connectivity index (χ3n) is 4.05. The number of benzene rings is 1. The van der Waals surface area contributed by atoms with Crippen LogP contribution in [0.3, 0.4) is 0 Å². The molecule has 3 nitrogen and oxygen atoms in total. The molecule has 1 aliphatic heterocycles. The van der Waals surface area contributed by atoms with Gasteiger partial charge in [0.05, 0.1) is 0 Å². The van der Waals surface area contributed by atoms with E-state index in [-0.39, 0.29) is 6.54 Å². The number of hydrogen-bond acceptors (Lipinski definition) is 3. The largest absolute Gasteiger partial charge is 0.382 e. The molecule has 3 heteroatoms. The minimum absolute atomic E-state index is 0.264. The van der Waals surface area contributed by atoms with Crippen molar-refractivity contribution in [3.8, 4) is 0 Å². The minimum Gasteiger partial charge on any atom is -0.382 e. The fourth-order valence-corrected chi connectivity index (χ4v) is 2.75. The van der Waals surface area contributed by atoms with Crippen molar-refractivity contribution in [1.82, 2.24) is 4.90 Å². The average molecular weight is 248 g/mol. The Balaban J connectivity index is 2.12. The SMILES string of the molecule is CC1CCCCN1CC(O)(CN)c1ccccc1. The summed E-state index contributed by atoms with van der Waals surface area (Å²) in [6, 6.07) is 10.3. The van der Waals surface area contributed by atoms with Gasteiger partial charge in [0.25, 0.3) is 0 Å². The van der Waals surface area contributed by atoms with Crippen molar-refractivity contribution in [2.24, 2.45) is 5.73 Å². The predicted molar refractivity (Wildman–Crippen MR) is 74.3 cm³/mol. The molecule has 0 aliphatic carbocycles. The van der Waals surface area contributed by atoms with Gasteiger partial charge in [0.15, 0.2) is 0 Å². The molecule has 18 heavy (non-hydrogen) atoms. The van der Waals surface area contributed by atoms with E-state index in [2.05, 4.69) is 11.8 Å². The maximum absolute atomic E-state index is 10.8. The lowest BCUT2D eigenvalue weighted by molar-refractivity contribution is -0.0119. The van der Waals surface area contributed by atoms with Crippen molar-refractivity contribution in [2.45, 2.75) is 37.8 Å². The number of nitrogens with zero attached hydrogens (tertiary/aromatic N) is 1. The zero-order valence-electron chi connectivity index (χ0n) is 11.2. The van der Waals surface area contributed by atoms with Gasteiger partial charge in [0.1, 0.15) is 5.60 Å². The molecule has 1 aliphatic rings. The van der Waals surface area contributed by atoms with Crippen LogP contribution in [0.5, 0.6) is 0 Å². The standard InChI is InChI=1S/C15H24N2O/c1-13-7-5-6-10-17(13)12-15(18,11-16)14-8-3-2-4-9-14/h2-4,8-9,13,18H,5-7,10-12,16H2,1H3. The number of piperidine rings is 1. The molecule has 1 aromatic carbocycles. The molecule has 0 radical (unpaired) electrons. The molecule has 1 fully saturated rings. The highest BCUT2D eigenvalue weighted by molar-refractivity contribution is 5.23. The summed E-state index contributed by atoms with van der Waals surface area (Å²) >= 11 is 0. The summed E-state index contributed by atoms with van der Waals surface area (Å²) in [4.78, 5) is 2.36. The third kappa shape index (κ3) is 2.91. The Bertz CT molecular complexity index is 368. The van der Waals surface area contributed by atoms with Gasteiger partial charge >= 0.3 is 0 Å². The first-order valence-electron chi connectivity index (χ1n) is 6.88. The van der Waals surface area contributed by atoms with Gasteiger partial charge in [0.2, 0.25) is 0 Å². The molecule has 1 saturated heterocycles. The molecule has 2 rings (SSSR count). The smallest absolute Gasteiger partial charge is 0.114 e. The summed E-state index contributed by atoms with van der Waals surface area (Å²) in [7, 11) is 0. The van der Waals surface area contributed by atoms with Gasteiger partial charge in [-0.3, -0.25) is 4.90 Å². The molecule has 0 spiro atoms. The molecule has 1 aromatic rings. The number of nitrogens with two attached hydrogens (primary N) is 1. The number of β-amino-alcohol motifs (C(OH)–C–C–N with tert-alkyl or cyclic N) is 1. The molecule has 0 aromatic heterocycles. The molecule has 3 N–H and O–H groups in total. The topological polar surface area (TPSA) is 49.5 Å². The summed E-state index contributed by atoms with van der Waals surface area (Å²) in [6.07, 6.45) is 3.74. The van der Waals surface area contributed by atoms with Crippen molar-refractivity contribution in [3.05, 3.63) is 35.9 Å². The van der Waals surface area contributed by atoms with Gasteiger partial charge in [-0.05, 0) is 31.9 Å². The lowest BCUT2D eigenvalue weighted by atomic mass is 9.91. The molecule has 1 heterocycles. The van der Waals surface area contributed by atoms with Gasteiger partial charge in [-0.25, -0.2) is 0 Å². The van der Waals surface area contributed by atoms with Crippen LogP contribution in [0.4, 0.5) is 0 Å². The highest BCUT2D eigenvalue weighted by Gasteiger charge is 2.32. The molecular formula is C15H24N2O. The molecular weight excluding hydrogens is 224 g/mol. The molecule has 100 valence electrons. The van der Waals surface area contributed by atoms with E-state index in [0.717, 1.165) is 12.1 Å². The van der Waals surface area contributed by atoms with Gasteiger partial charge in [-0.15, -0.1) is 0 Å². The minimum atomic E-state index is -0.924. The average Bonchev–Trinajstić information content (AvgIpc) is 2.42. The van der Waals surface area contributed by atoms with Crippen LogP contribution in [0.15, 0.2) is 30.3 Å². The zero-order chi connectivity index (χ0) is 13.0. The van der Waals surface area contributed by atoms with Gasteiger partial charge < -0.3 is 10.8 Å². The summed E-state index contributed by atoms with van der Waals surface area (Å²) < 4.78 is 0. The van der Waals surface area contributed by atoms with Gasteiger partial charge in [0, 0.05) is 19.1 Å². The molecule has 0 saturated carbocycles. The highest BCUT2D eigenvalue weighted by Crippen LogP contribution is 2.25. The first-order valence-corrected chi connectivity index (χ1v) is 6.88. The van der Waals surface area contributed by atoms with E-state index in [1.54, 1.807) is 0 Å². The Morgan fingerprint density at radius 2 is 2.06 bits per heavy atom. The van der Waals surface area contributed by atoms with E-state index >= 15 is 0 Å². The summed E-state index contributed by atoms with van der Waals surface area (Å²) in [6.45, 7) is 4.20. The maximum Gasteiger partial charge on any atom is 0.114 e. The normalized spacial score (nSPS) is 24.7. The second kappa shape index (κ2) is 5.83. The number of hydrogen-bond donors (Lipinski definition) is 2. The third-order valence-corrected chi connectivity index (χ3v) is 4.05. The van der Waals surface area contributed by atoms with Crippen LogP contribution in [0.2, 0.25) is 0 Å². The first kappa shape index (κ1) is 13.5. The van der Waals surface area contributed by atoms with Crippen LogP contribution in [0, 0.1) is 0 Å². The Morgan fingerprint density at radius 3 is 2.67 bits per heavy atom. The number of aliphatic hydroxyl groups is 1. The van der Waals surface area contributed by atoms with Crippen LogP contribution in [0.25, 0.3) is 0 Å². The molecule has 2 atom stereocenters. The Hall–Kier alpha value is -0.900. The van der Waals surface area contributed by atoms with E-state index in [1.807, 2.05) is 30.3 Å². The first-order chi connectivity index (χ1) is 8.65. The van der Waals surface area contributed by atoms with Crippen LogP contribution >= 0.6 is 0 Å². The second-order valence-electron chi connectivity index (χ2n) is 5.42. The quantitative estimate of drug-likeness (QED) is 0.853. The van der Waals surface area contributed by atoms with Crippen LogP contribution in [-0.4, -0.2) is 35.7 Å². The Morgan fingerprint density at radius 1 is 1.33 bits per heavy atom. The van der Waals surface area contributed by atoms with Crippen molar-refractivity contribution < 1.29 is 5.11 Å². The van der Waals surface area contributed by atoms with Crippen molar-refractivity contribution >= 4 is 0 Å². The van der Waals surface area contributed by atoms with E-state index < -0.39 is 5.60 Å². The zero-order valence-corrected chi connectivity index (χ0v) is 11.2. The Kier molecular flexibility index (Phi) is 4.38. The van der Waals surface area contributed by atoms with Crippen LogP contribution in [-0.2, 0) is 5.60 Å². The van der Waals surface area contributed by atoms with Crippen molar-refractivity contribution in [2.75, 3.05) is 19.6 Å². The number of likely N-dealkylation sites (tertiary alicyclic amines) is 1. The van der Waals surface area contributed by atoms with Gasteiger partial charge in [-0.2, -0.15) is 0 Å². The fourth-order valence-electron chi connectivity index (χ4n) is 2.75. The van der Waals surface area contributed by atoms with E-state index in [0.29, 0.717) is 12.6 Å². The highest BCUT2D eigenvalue weighted by atomic mass is 16.3. The second-order valence-corrected chi connectivity index (χ2v) is 5.42. The number of rotatable bonds is 4. The molecule has 0 amide bonds. The van der Waals surface area contributed by atoms with Crippen LogP contribution < -0.4 is 5.73 Å². The van der Waals surface area contributed by atoms with Crippen LogP contribution in [0.1, 0.15) is 31.7 Å². The monoisotopic (exact) mass is 248 g/mol.